The molecule has 2 rings (SSSR count). The van der Waals surface area contributed by atoms with Gasteiger partial charge in [-0.25, -0.2) is 0 Å². The summed E-state index contributed by atoms with van der Waals surface area (Å²) in [6.45, 7) is 2.45. The van der Waals surface area contributed by atoms with E-state index in [0.29, 0.717) is 16.7 Å². The zero-order valence-electron chi connectivity index (χ0n) is 16.0. The molecular weight excluding hydrogens is 374 g/mol. The molecule has 0 radical (unpaired) electrons. The minimum absolute atomic E-state index is 0.00967. The fraction of sp³-hybridized carbons (Fsp3) is 0.238. The Labute approximate surface area is 167 Å². The highest BCUT2D eigenvalue weighted by Gasteiger charge is 2.32. The Morgan fingerprint density at radius 2 is 1.59 bits per heavy atom. The number of aliphatic hydroxyl groups excluding tert-OH is 1. The minimum atomic E-state index is -1.04. The molecule has 8 nitrogen and oxygen atoms in total. The van der Waals surface area contributed by atoms with Crippen LogP contribution in [-0.4, -0.2) is 39.9 Å². The van der Waals surface area contributed by atoms with Crippen LogP contribution in [0, 0.1) is 22.0 Å². The molecule has 0 aliphatic carbocycles. The van der Waals surface area contributed by atoms with Crippen molar-refractivity contribution >= 4 is 17.4 Å². The molecular formula is C21H21N3O5. The smallest absolute Gasteiger partial charge is 0.269 e. The summed E-state index contributed by atoms with van der Waals surface area (Å²) in [5.74, 6) is 4.73. The number of aliphatic hydroxyl groups is 1. The van der Waals surface area contributed by atoms with E-state index in [-0.39, 0.29) is 5.69 Å². The summed E-state index contributed by atoms with van der Waals surface area (Å²) in [6.07, 6.45) is 0. The van der Waals surface area contributed by atoms with Crippen molar-refractivity contribution in [2.75, 3.05) is 6.61 Å². The molecule has 1 unspecified atom stereocenters. The number of amides is 1. The largest absolute Gasteiger partial charge is 0.388 e. The third kappa shape index (κ3) is 5.97. The van der Waals surface area contributed by atoms with Crippen LogP contribution >= 0.6 is 0 Å². The van der Waals surface area contributed by atoms with Crippen LogP contribution in [-0.2, 0) is 4.79 Å². The van der Waals surface area contributed by atoms with Crippen LogP contribution < -0.4 is 11.1 Å². The normalized spacial score (nSPS) is 11.7. The first-order valence-corrected chi connectivity index (χ1v) is 8.71. The van der Waals surface area contributed by atoms with Crippen molar-refractivity contribution in [3.8, 4) is 11.8 Å². The second-order valence-electron chi connectivity index (χ2n) is 6.98. The van der Waals surface area contributed by atoms with Crippen LogP contribution in [0.5, 0.6) is 0 Å². The van der Waals surface area contributed by atoms with E-state index in [2.05, 4.69) is 17.2 Å². The van der Waals surface area contributed by atoms with Crippen molar-refractivity contribution in [3.05, 3.63) is 75.3 Å². The molecule has 4 N–H and O–H groups in total. The van der Waals surface area contributed by atoms with Crippen LogP contribution in [0.4, 0.5) is 5.69 Å². The van der Waals surface area contributed by atoms with Gasteiger partial charge in [0.1, 0.15) is 12.6 Å². The lowest BCUT2D eigenvalue weighted by atomic mass is 9.92. The van der Waals surface area contributed by atoms with Crippen LogP contribution in [0.3, 0.4) is 0 Å². The summed E-state index contributed by atoms with van der Waals surface area (Å²) in [5.41, 5.74) is 6.45. The van der Waals surface area contributed by atoms with Gasteiger partial charge < -0.3 is 16.2 Å². The Bertz CT molecular complexity index is 965. The fourth-order valence-electron chi connectivity index (χ4n) is 2.50. The Hall–Kier alpha value is -3.54. The molecule has 0 fully saturated rings. The standard InChI is InChI=1S/C21H21N3O5/c1-21(2,22)19(18(26)13-25)23-20(27)16-9-5-14(6-10-16)3-4-15-7-11-17(12-8-15)24(28)29/h5-12,19,25H,13,22H2,1-2H3,(H,23,27). The molecule has 150 valence electrons. The van der Waals surface area contributed by atoms with Gasteiger partial charge in [0.15, 0.2) is 5.78 Å². The molecule has 1 atom stereocenters. The summed E-state index contributed by atoms with van der Waals surface area (Å²) in [5, 5.41) is 22.3. The van der Waals surface area contributed by atoms with Gasteiger partial charge in [-0.2, -0.15) is 0 Å². The molecule has 1 amide bonds. The average molecular weight is 395 g/mol. The van der Waals surface area contributed by atoms with Crippen LogP contribution in [0.15, 0.2) is 48.5 Å². The molecule has 2 aromatic rings. The number of carbonyl (C=O) groups is 2. The Balaban J connectivity index is 2.11. The van der Waals surface area contributed by atoms with Gasteiger partial charge in [-0.3, -0.25) is 19.7 Å². The van der Waals surface area contributed by atoms with Gasteiger partial charge in [-0.05, 0) is 50.2 Å². The number of nitrogens with one attached hydrogen (secondary N) is 1. The molecule has 0 saturated heterocycles. The van der Waals surface area contributed by atoms with E-state index in [0.717, 1.165) is 0 Å². The zero-order valence-corrected chi connectivity index (χ0v) is 16.0. The molecule has 0 spiro atoms. The van der Waals surface area contributed by atoms with Gasteiger partial charge in [0.05, 0.1) is 4.92 Å². The van der Waals surface area contributed by atoms with E-state index in [9.17, 15) is 19.7 Å². The molecule has 29 heavy (non-hydrogen) atoms. The lowest BCUT2D eigenvalue weighted by molar-refractivity contribution is -0.384. The van der Waals surface area contributed by atoms with E-state index >= 15 is 0 Å². The first kappa shape index (κ1) is 21.8. The second-order valence-corrected chi connectivity index (χ2v) is 6.98. The Kier molecular flexibility index (Phi) is 6.83. The number of Topliss-reactive ketones (excluding diaryl/α,β-unsaturated/α-hetero) is 1. The third-order valence-corrected chi connectivity index (χ3v) is 4.07. The average Bonchev–Trinajstić information content (AvgIpc) is 2.69. The predicted octanol–water partition coefficient (Wildman–Crippen LogP) is 1.39. The Morgan fingerprint density at radius 1 is 1.10 bits per heavy atom. The van der Waals surface area contributed by atoms with Gasteiger partial charge in [-0.1, -0.05) is 11.8 Å². The highest BCUT2D eigenvalue weighted by molar-refractivity contribution is 5.98. The van der Waals surface area contributed by atoms with Crippen LogP contribution in [0.1, 0.15) is 35.3 Å². The van der Waals surface area contributed by atoms with Gasteiger partial charge >= 0.3 is 0 Å². The maximum atomic E-state index is 12.4. The topological polar surface area (TPSA) is 136 Å². The zero-order chi connectivity index (χ0) is 21.6. The van der Waals surface area contributed by atoms with E-state index in [1.807, 2.05) is 0 Å². The number of nitro groups is 1. The number of nitrogens with two attached hydrogens (primary N) is 1. The number of nitrogens with zero attached hydrogens (tertiary/aromatic N) is 1. The van der Waals surface area contributed by atoms with Crippen molar-refractivity contribution in [1.29, 1.82) is 0 Å². The molecule has 0 heterocycles. The highest BCUT2D eigenvalue weighted by atomic mass is 16.6. The summed E-state index contributed by atoms with van der Waals surface area (Å²) < 4.78 is 0. The number of hydrogen-bond donors (Lipinski definition) is 3. The first-order valence-electron chi connectivity index (χ1n) is 8.71. The SMILES string of the molecule is CC(C)(N)C(NC(=O)c1ccc(C#Cc2ccc([N+](=O)[O-])cc2)cc1)C(=O)CO. The number of hydrogen-bond acceptors (Lipinski definition) is 6. The van der Waals surface area contributed by atoms with E-state index in [1.54, 1.807) is 50.2 Å². The summed E-state index contributed by atoms with van der Waals surface area (Å²) in [4.78, 5) is 34.4. The molecule has 8 heteroatoms. The molecule has 0 aliphatic heterocycles. The lowest BCUT2D eigenvalue weighted by Crippen LogP contribution is -2.59. The highest BCUT2D eigenvalue weighted by Crippen LogP contribution is 2.12. The number of carbonyl (C=O) groups excluding carboxylic acids is 2. The molecule has 0 saturated carbocycles. The van der Waals surface area contributed by atoms with Crippen LogP contribution in [0.2, 0.25) is 0 Å². The minimum Gasteiger partial charge on any atom is -0.388 e. The first-order chi connectivity index (χ1) is 13.6. The van der Waals surface area contributed by atoms with Gasteiger partial charge in [0.2, 0.25) is 0 Å². The monoisotopic (exact) mass is 395 g/mol. The van der Waals surface area contributed by atoms with E-state index in [4.69, 9.17) is 10.8 Å². The van der Waals surface area contributed by atoms with E-state index < -0.39 is 34.8 Å². The predicted molar refractivity (Wildman–Crippen MR) is 107 cm³/mol. The maximum Gasteiger partial charge on any atom is 0.269 e. The molecule has 0 aromatic heterocycles. The molecule has 2 aromatic carbocycles. The number of ketones is 1. The van der Waals surface area contributed by atoms with Gasteiger partial charge in [0.25, 0.3) is 11.6 Å². The number of nitro benzene ring substituents is 1. The number of rotatable bonds is 6. The summed E-state index contributed by atoms with van der Waals surface area (Å²) in [6, 6.07) is 11.2. The fourth-order valence-corrected chi connectivity index (χ4v) is 2.50. The van der Waals surface area contributed by atoms with Crippen molar-refractivity contribution in [1.82, 2.24) is 5.32 Å². The lowest BCUT2D eigenvalue weighted by Gasteiger charge is -2.29. The van der Waals surface area contributed by atoms with Crippen molar-refractivity contribution < 1.29 is 19.6 Å². The number of benzene rings is 2. The third-order valence-electron chi connectivity index (χ3n) is 4.07. The van der Waals surface area contributed by atoms with Crippen LogP contribution in [0.25, 0.3) is 0 Å². The maximum absolute atomic E-state index is 12.4. The van der Waals surface area contributed by atoms with Gasteiger partial charge in [-0.15, -0.1) is 0 Å². The quantitative estimate of drug-likeness (QED) is 0.384. The summed E-state index contributed by atoms with van der Waals surface area (Å²) >= 11 is 0. The molecule has 0 bridgehead atoms. The second kappa shape index (κ2) is 9.10. The Morgan fingerprint density at radius 3 is 2.00 bits per heavy atom. The van der Waals surface area contributed by atoms with Crippen molar-refractivity contribution in [2.24, 2.45) is 5.73 Å². The number of non-ortho nitro benzene ring substituents is 1. The van der Waals surface area contributed by atoms with Crippen molar-refractivity contribution in [2.45, 2.75) is 25.4 Å². The van der Waals surface area contributed by atoms with E-state index in [1.165, 1.54) is 12.1 Å². The summed E-state index contributed by atoms with van der Waals surface area (Å²) in [7, 11) is 0. The van der Waals surface area contributed by atoms with Gasteiger partial charge in [0, 0.05) is 34.4 Å². The van der Waals surface area contributed by atoms with Crippen molar-refractivity contribution in [3.63, 3.8) is 0 Å². The molecule has 0 aliphatic rings.